The zero-order chi connectivity index (χ0) is 18.6. The van der Waals surface area contributed by atoms with Gasteiger partial charge in [-0.05, 0) is 36.5 Å². The molecule has 152 valence electrons. The number of nitrogens with one attached hydrogen (secondary N) is 1. The summed E-state index contributed by atoms with van der Waals surface area (Å²) in [5.41, 5.74) is 1.23. The Morgan fingerprint density at radius 1 is 1.32 bits per heavy atom. The summed E-state index contributed by atoms with van der Waals surface area (Å²) in [5, 5.41) is 3.51. The Kier molecular flexibility index (Phi) is 7.03. The first-order valence-corrected chi connectivity index (χ1v) is 9.56. The molecule has 1 N–H and O–H groups in total. The van der Waals surface area contributed by atoms with Crippen LogP contribution in [0.5, 0.6) is 11.5 Å². The predicted octanol–water partition coefficient (Wildman–Crippen LogP) is 2.93. The number of piperidine rings is 1. The largest absolute Gasteiger partial charge is 0.454 e. The van der Waals surface area contributed by atoms with Gasteiger partial charge < -0.3 is 24.3 Å². The Bertz CT molecular complexity index is 796. The van der Waals surface area contributed by atoms with E-state index < -0.39 is 0 Å². The number of fused-ring (bicyclic) bond motifs is 1. The number of guanidine groups is 1. The van der Waals surface area contributed by atoms with E-state index in [0.29, 0.717) is 18.8 Å². The van der Waals surface area contributed by atoms with E-state index in [4.69, 9.17) is 9.47 Å². The summed E-state index contributed by atoms with van der Waals surface area (Å²) >= 11 is 0. The van der Waals surface area contributed by atoms with E-state index in [2.05, 4.69) is 50.0 Å². The van der Waals surface area contributed by atoms with Gasteiger partial charge in [-0.15, -0.1) is 24.0 Å². The number of aromatic nitrogens is 2. The molecule has 7 nitrogen and oxygen atoms in total. The predicted molar refractivity (Wildman–Crippen MR) is 120 cm³/mol. The average molecular weight is 497 g/mol. The van der Waals surface area contributed by atoms with Crippen LogP contribution in [0.4, 0.5) is 0 Å². The Hall–Kier alpha value is -1.97. The molecule has 8 heteroatoms. The van der Waals surface area contributed by atoms with Gasteiger partial charge in [0.1, 0.15) is 0 Å². The molecule has 4 rings (SSSR count). The highest BCUT2D eigenvalue weighted by Crippen LogP contribution is 2.32. The molecule has 2 aromatic rings. The van der Waals surface area contributed by atoms with Crippen molar-refractivity contribution in [2.45, 2.75) is 25.8 Å². The monoisotopic (exact) mass is 497 g/mol. The summed E-state index contributed by atoms with van der Waals surface area (Å²) in [6.07, 6.45) is 7.88. The Morgan fingerprint density at radius 2 is 2.18 bits per heavy atom. The maximum Gasteiger partial charge on any atom is 0.231 e. The lowest BCUT2D eigenvalue weighted by Gasteiger charge is -2.39. The SMILES string of the molecule is CN=C(NCCc1ccc2c(c1)OCO2)N1CCC(C)C(n2ccnc2)C1.I. The number of hydrogen-bond acceptors (Lipinski definition) is 4. The van der Waals surface area contributed by atoms with Crippen molar-refractivity contribution < 1.29 is 9.47 Å². The number of hydrogen-bond donors (Lipinski definition) is 1. The van der Waals surface area contributed by atoms with Crippen molar-refractivity contribution in [1.82, 2.24) is 19.8 Å². The molecule has 2 atom stereocenters. The van der Waals surface area contributed by atoms with Crippen LogP contribution < -0.4 is 14.8 Å². The lowest BCUT2D eigenvalue weighted by molar-refractivity contribution is 0.174. The van der Waals surface area contributed by atoms with E-state index in [-0.39, 0.29) is 24.0 Å². The van der Waals surface area contributed by atoms with Gasteiger partial charge in [0.2, 0.25) is 6.79 Å². The van der Waals surface area contributed by atoms with Crippen LogP contribution in [0, 0.1) is 5.92 Å². The minimum absolute atomic E-state index is 0. The molecular weight excluding hydrogens is 469 g/mol. The molecule has 0 saturated carbocycles. The van der Waals surface area contributed by atoms with Crippen LogP contribution >= 0.6 is 24.0 Å². The zero-order valence-corrected chi connectivity index (χ0v) is 18.7. The highest BCUT2D eigenvalue weighted by atomic mass is 127. The maximum atomic E-state index is 5.46. The minimum atomic E-state index is 0. The number of ether oxygens (including phenoxy) is 2. The van der Waals surface area contributed by atoms with Crippen LogP contribution in [-0.4, -0.2) is 53.9 Å². The number of likely N-dealkylation sites (tertiary alicyclic amines) is 1. The first kappa shape index (κ1) is 20.8. The van der Waals surface area contributed by atoms with Gasteiger partial charge in [-0.25, -0.2) is 4.98 Å². The molecule has 0 aliphatic carbocycles. The van der Waals surface area contributed by atoms with Crippen molar-refractivity contribution in [1.29, 1.82) is 0 Å². The summed E-state index contributed by atoms with van der Waals surface area (Å²) in [5.74, 6) is 3.26. The summed E-state index contributed by atoms with van der Waals surface area (Å²) in [7, 11) is 1.85. The van der Waals surface area contributed by atoms with E-state index in [1.165, 1.54) is 5.56 Å². The fraction of sp³-hybridized carbons (Fsp3) is 0.500. The fourth-order valence-corrected chi connectivity index (χ4v) is 3.84. The lowest BCUT2D eigenvalue weighted by atomic mass is 9.93. The quantitative estimate of drug-likeness (QED) is 0.400. The van der Waals surface area contributed by atoms with Crippen LogP contribution in [0.1, 0.15) is 24.9 Å². The summed E-state index contributed by atoms with van der Waals surface area (Å²) in [4.78, 5) is 11.1. The molecule has 1 saturated heterocycles. The number of benzene rings is 1. The number of halogens is 1. The molecule has 3 heterocycles. The van der Waals surface area contributed by atoms with E-state index in [9.17, 15) is 0 Å². The third-order valence-electron chi connectivity index (χ3n) is 5.47. The highest BCUT2D eigenvalue weighted by molar-refractivity contribution is 14.0. The summed E-state index contributed by atoms with van der Waals surface area (Å²) in [6.45, 7) is 5.43. The van der Waals surface area contributed by atoms with Crippen molar-refractivity contribution in [2.24, 2.45) is 10.9 Å². The fourth-order valence-electron chi connectivity index (χ4n) is 3.84. The van der Waals surface area contributed by atoms with E-state index >= 15 is 0 Å². The average Bonchev–Trinajstić information content (AvgIpc) is 3.37. The highest BCUT2D eigenvalue weighted by Gasteiger charge is 2.28. The molecule has 28 heavy (non-hydrogen) atoms. The molecule has 1 aromatic heterocycles. The number of rotatable bonds is 4. The number of imidazole rings is 1. The van der Waals surface area contributed by atoms with E-state index in [0.717, 1.165) is 49.9 Å². The molecule has 2 aliphatic heterocycles. The van der Waals surface area contributed by atoms with Gasteiger partial charge in [0.15, 0.2) is 17.5 Å². The molecular formula is C20H28IN5O2. The Labute approximate surface area is 183 Å². The van der Waals surface area contributed by atoms with Crippen molar-refractivity contribution in [3.63, 3.8) is 0 Å². The molecule has 2 aliphatic rings. The minimum Gasteiger partial charge on any atom is -0.454 e. The van der Waals surface area contributed by atoms with Crippen LogP contribution in [0.15, 0.2) is 41.9 Å². The van der Waals surface area contributed by atoms with Crippen molar-refractivity contribution >= 4 is 29.9 Å². The second kappa shape index (κ2) is 9.49. The standard InChI is InChI=1S/C20H27N5O2.HI/c1-15-6-9-24(12-17(15)25-10-8-22-13-25)20(21-2)23-7-5-16-3-4-18-19(11-16)27-14-26-18;/h3-4,8,10-11,13,15,17H,5-7,9,12,14H2,1-2H3,(H,21,23);1H. The molecule has 1 aromatic carbocycles. The van der Waals surface area contributed by atoms with Crippen LogP contribution in [-0.2, 0) is 6.42 Å². The second-order valence-electron chi connectivity index (χ2n) is 7.20. The van der Waals surface area contributed by atoms with Gasteiger partial charge in [0.05, 0.1) is 12.4 Å². The smallest absolute Gasteiger partial charge is 0.231 e. The molecule has 0 bridgehead atoms. The summed E-state index contributed by atoms with van der Waals surface area (Å²) in [6, 6.07) is 6.56. The molecule has 1 fully saturated rings. The van der Waals surface area contributed by atoms with Crippen molar-refractivity contribution in [2.75, 3.05) is 33.5 Å². The molecule has 0 spiro atoms. The number of aliphatic imine (C=N–C) groups is 1. The van der Waals surface area contributed by atoms with Crippen molar-refractivity contribution in [3.8, 4) is 11.5 Å². The van der Waals surface area contributed by atoms with Crippen LogP contribution in [0.25, 0.3) is 0 Å². The van der Waals surface area contributed by atoms with Gasteiger partial charge in [0, 0.05) is 39.1 Å². The van der Waals surface area contributed by atoms with E-state index in [1.807, 2.05) is 25.6 Å². The van der Waals surface area contributed by atoms with Crippen LogP contribution in [0.3, 0.4) is 0 Å². The topological polar surface area (TPSA) is 63.9 Å². The first-order chi connectivity index (χ1) is 13.2. The van der Waals surface area contributed by atoms with Crippen LogP contribution in [0.2, 0.25) is 0 Å². The van der Waals surface area contributed by atoms with Crippen molar-refractivity contribution in [3.05, 3.63) is 42.5 Å². The molecule has 0 amide bonds. The van der Waals surface area contributed by atoms with Gasteiger partial charge in [-0.2, -0.15) is 0 Å². The van der Waals surface area contributed by atoms with Gasteiger partial charge >= 0.3 is 0 Å². The molecule has 0 radical (unpaired) electrons. The number of nitrogens with zero attached hydrogens (tertiary/aromatic N) is 4. The molecule has 2 unspecified atom stereocenters. The summed E-state index contributed by atoms with van der Waals surface area (Å²) < 4.78 is 13.0. The lowest BCUT2D eigenvalue weighted by Crippen LogP contribution is -2.49. The van der Waals surface area contributed by atoms with Gasteiger partial charge in [-0.3, -0.25) is 4.99 Å². The van der Waals surface area contributed by atoms with Gasteiger partial charge in [-0.1, -0.05) is 13.0 Å². The first-order valence-electron chi connectivity index (χ1n) is 9.56. The maximum absolute atomic E-state index is 5.46. The zero-order valence-electron chi connectivity index (χ0n) is 16.4. The third kappa shape index (κ3) is 4.53. The second-order valence-corrected chi connectivity index (χ2v) is 7.20. The van der Waals surface area contributed by atoms with Gasteiger partial charge in [0.25, 0.3) is 0 Å². The van der Waals surface area contributed by atoms with E-state index in [1.54, 1.807) is 0 Å². The Balaban J connectivity index is 0.00000225. The third-order valence-corrected chi connectivity index (χ3v) is 5.47. The normalized spacial score (nSPS) is 21.4. The Morgan fingerprint density at radius 3 is 2.96 bits per heavy atom.